The number of carbonyl (C=O) groups excluding carboxylic acids is 3. The van der Waals surface area contributed by atoms with Gasteiger partial charge < -0.3 is 14.2 Å². The average molecular weight is 911 g/mol. The van der Waals surface area contributed by atoms with Gasteiger partial charge in [-0.1, -0.05) is 262 Å². The lowest BCUT2D eigenvalue weighted by Crippen LogP contribution is -2.30. The summed E-state index contributed by atoms with van der Waals surface area (Å²) < 4.78 is 16.8. The standard InChI is InChI=1S/C59H106O6/c1-4-7-10-13-16-19-22-25-27-28-29-30-32-34-37-40-43-46-49-52-58(61)64-55-56(54-63-57(60)51-48-45-42-39-36-33-24-21-18-15-12-9-6-3)65-59(62)53-50-47-44-41-38-35-31-26-23-20-17-14-11-8-5-2/h8,11,17,20,26,31,38,41,56H,4-7,9-10,12-16,18-19,21-25,27-30,32-37,39-40,42-55H2,1-3H3/b11-8-,20-17-,31-26-,41-38-. The van der Waals surface area contributed by atoms with E-state index in [1.807, 2.05) is 0 Å². The molecule has 0 rings (SSSR count). The number of carbonyl (C=O) groups is 3. The van der Waals surface area contributed by atoms with Gasteiger partial charge in [-0.25, -0.2) is 0 Å². The fourth-order valence-corrected chi connectivity index (χ4v) is 8.14. The Labute approximate surface area is 403 Å². The Morgan fingerprint density at radius 2 is 0.600 bits per heavy atom. The molecule has 0 radical (unpaired) electrons. The van der Waals surface area contributed by atoms with E-state index in [9.17, 15) is 14.4 Å². The Morgan fingerprint density at radius 1 is 0.323 bits per heavy atom. The van der Waals surface area contributed by atoms with Crippen molar-refractivity contribution in [1.29, 1.82) is 0 Å². The molecule has 378 valence electrons. The molecule has 6 heteroatoms. The zero-order chi connectivity index (χ0) is 47.2. The molecule has 0 fully saturated rings. The molecular formula is C59H106O6. The maximum Gasteiger partial charge on any atom is 0.306 e. The van der Waals surface area contributed by atoms with Crippen molar-refractivity contribution < 1.29 is 28.6 Å². The summed E-state index contributed by atoms with van der Waals surface area (Å²) in [6, 6.07) is 0. The van der Waals surface area contributed by atoms with Gasteiger partial charge in [-0.3, -0.25) is 14.4 Å². The first-order chi connectivity index (χ1) is 32.0. The summed E-state index contributed by atoms with van der Waals surface area (Å²) in [4.78, 5) is 38.1. The SMILES string of the molecule is CC/C=C\C/C=C\C/C=C\C/C=C\CCCCC(=O)OC(COC(=O)CCCCCCCCCCCCCCC)COC(=O)CCCCCCCCCCCCCCCCCCCCC. The van der Waals surface area contributed by atoms with E-state index in [2.05, 4.69) is 69.4 Å². The van der Waals surface area contributed by atoms with E-state index < -0.39 is 6.10 Å². The van der Waals surface area contributed by atoms with Gasteiger partial charge >= 0.3 is 17.9 Å². The van der Waals surface area contributed by atoms with Gasteiger partial charge in [0, 0.05) is 19.3 Å². The Kier molecular flexibility index (Phi) is 51.8. The van der Waals surface area contributed by atoms with Crippen molar-refractivity contribution in [3.8, 4) is 0 Å². The molecule has 0 heterocycles. The van der Waals surface area contributed by atoms with Crippen LogP contribution in [0.4, 0.5) is 0 Å². The second kappa shape index (κ2) is 54.0. The summed E-state index contributed by atoms with van der Waals surface area (Å²) in [5.41, 5.74) is 0. The molecule has 0 aromatic carbocycles. The lowest BCUT2D eigenvalue weighted by molar-refractivity contribution is -0.167. The van der Waals surface area contributed by atoms with E-state index in [-0.39, 0.29) is 37.5 Å². The molecule has 0 aliphatic heterocycles. The minimum atomic E-state index is -0.790. The highest BCUT2D eigenvalue weighted by atomic mass is 16.6. The van der Waals surface area contributed by atoms with Crippen LogP contribution in [-0.2, 0) is 28.6 Å². The van der Waals surface area contributed by atoms with Crippen LogP contribution in [0.2, 0.25) is 0 Å². The third-order valence-corrected chi connectivity index (χ3v) is 12.3. The van der Waals surface area contributed by atoms with E-state index in [0.717, 1.165) is 77.0 Å². The summed E-state index contributed by atoms with van der Waals surface area (Å²) in [5, 5.41) is 0. The number of allylic oxidation sites excluding steroid dienone is 8. The first-order valence-corrected chi connectivity index (χ1v) is 28.1. The predicted molar refractivity (Wildman–Crippen MR) is 279 cm³/mol. The third kappa shape index (κ3) is 52.2. The summed E-state index contributed by atoms with van der Waals surface area (Å²) in [6.45, 7) is 6.52. The van der Waals surface area contributed by atoms with Crippen LogP contribution in [0.5, 0.6) is 0 Å². The van der Waals surface area contributed by atoms with Crippen LogP contribution in [0.25, 0.3) is 0 Å². The molecule has 0 amide bonds. The van der Waals surface area contributed by atoms with E-state index in [0.29, 0.717) is 19.3 Å². The second-order valence-electron chi connectivity index (χ2n) is 18.8. The van der Waals surface area contributed by atoms with Gasteiger partial charge in [0.25, 0.3) is 0 Å². The summed E-state index contributed by atoms with van der Waals surface area (Å²) >= 11 is 0. The van der Waals surface area contributed by atoms with Crippen LogP contribution >= 0.6 is 0 Å². The van der Waals surface area contributed by atoms with Crippen molar-refractivity contribution in [2.75, 3.05) is 13.2 Å². The minimum absolute atomic E-state index is 0.0856. The van der Waals surface area contributed by atoms with Crippen LogP contribution in [0.1, 0.15) is 290 Å². The molecule has 0 bridgehead atoms. The molecule has 1 atom stereocenters. The Balaban J connectivity index is 4.36. The van der Waals surface area contributed by atoms with Crippen LogP contribution in [0, 0.1) is 0 Å². The zero-order valence-electron chi connectivity index (χ0n) is 43.3. The topological polar surface area (TPSA) is 78.9 Å². The zero-order valence-corrected chi connectivity index (χ0v) is 43.3. The molecule has 0 spiro atoms. The highest BCUT2D eigenvalue weighted by Crippen LogP contribution is 2.17. The smallest absolute Gasteiger partial charge is 0.306 e. The molecule has 65 heavy (non-hydrogen) atoms. The number of ether oxygens (including phenoxy) is 3. The predicted octanol–water partition coefficient (Wildman–Crippen LogP) is 18.7. The van der Waals surface area contributed by atoms with Crippen LogP contribution < -0.4 is 0 Å². The van der Waals surface area contributed by atoms with Gasteiger partial charge in [-0.05, 0) is 57.8 Å². The van der Waals surface area contributed by atoms with Gasteiger partial charge in [-0.2, -0.15) is 0 Å². The number of esters is 3. The first-order valence-electron chi connectivity index (χ1n) is 28.1. The van der Waals surface area contributed by atoms with E-state index in [4.69, 9.17) is 14.2 Å². The maximum absolute atomic E-state index is 12.8. The largest absolute Gasteiger partial charge is 0.462 e. The van der Waals surface area contributed by atoms with Crippen molar-refractivity contribution in [2.45, 2.75) is 297 Å². The third-order valence-electron chi connectivity index (χ3n) is 12.3. The van der Waals surface area contributed by atoms with Gasteiger partial charge in [0.2, 0.25) is 0 Å². The monoisotopic (exact) mass is 911 g/mol. The molecule has 0 aliphatic rings. The maximum atomic E-state index is 12.8. The Morgan fingerprint density at radius 3 is 0.938 bits per heavy atom. The summed E-state index contributed by atoms with van der Waals surface area (Å²) in [5.74, 6) is -0.913. The molecule has 0 N–H and O–H groups in total. The summed E-state index contributed by atoms with van der Waals surface area (Å²) in [7, 11) is 0. The van der Waals surface area contributed by atoms with Crippen molar-refractivity contribution >= 4 is 17.9 Å². The summed E-state index contributed by atoms with van der Waals surface area (Å²) in [6.07, 6.45) is 65.3. The molecule has 1 unspecified atom stereocenters. The number of hydrogen-bond acceptors (Lipinski definition) is 6. The normalized spacial score (nSPS) is 12.4. The van der Waals surface area contributed by atoms with Crippen LogP contribution in [0.3, 0.4) is 0 Å². The molecule has 0 aromatic rings. The van der Waals surface area contributed by atoms with Gasteiger partial charge in [-0.15, -0.1) is 0 Å². The quantitative estimate of drug-likeness (QED) is 0.0262. The first kappa shape index (κ1) is 62.4. The van der Waals surface area contributed by atoms with Crippen LogP contribution in [0.15, 0.2) is 48.6 Å². The van der Waals surface area contributed by atoms with Crippen molar-refractivity contribution in [3.63, 3.8) is 0 Å². The van der Waals surface area contributed by atoms with Gasteiger partial charge in [0.05, 0.1) is 0 Å². The number of rotatable bonds is 51. The number of hydrogen-bond donors (Lipinski definition) is 0. The van der Waals surface area contributed by atoms with Crippen molar-refractivity contribution in [2.24, 2.45) is 0 Å². The highest BCUT2D eigenvalue weighted by Gasteiger charge is 2.19. The van der Waals surface area contributed by atoms with Crippen LogP contribution in [-0.4, -0.2) is 37.2 Å². The van der Waals surface area contributed by atoms with E-state index >= 15 is 0 Å². The fraction of sp³-hybridized carbons (Fsp3) is 0.814. The lowest BCUT2D eigenvalue weighted by Gasteiger charge is -2.18. The molecule has 0 saturated carbocycles. The van der Waals surface area contributed by atoms with E-state index in [1.165, 1.54) is 167 Å². The van der Waals surface area contributed by atoms with Gasteiger partial charge in [0.15, 0.2) is 6.10 Å². The lowest BCUT2D eigenvalue weighted by atomic mass is 10.0. The second-order valence-corrected chi connectivity index (χ2v) is 18.8. The average Bonchev–Trinajstić information content (AvgIpc) is 3.30. The molecular weight excluding hydrogens is 805 g/mol. The minimum Gasteiger partial charge on any atom is -0.462 e. The molecule has 6 nitrogen and oxygen atoms in total. The van der Waals surface area contributed by atoms with Gasteiger partial charge in [0.1, 0.15) is 13.2 Å². The highest BCUT2D eigenvalue weighted by molar-refractivity contribution is 5.71. The Bertz CT molecular complexity index is 1140. The molecule has 0 aliphatic carbocycles. The molecule has 0 aromatic heterocycles. The van der Waals surface area contributed by atoms with Crippen molar-refractivity contribution in [1.82, 2.24) is 0 Å². The number of unbranched alkanes of at least 4 members (excludes halogenated alkanes) is 32. The fourth-order valence-electron chi connectivity index (χ4n) is 8.14. The van der Waals surface area contributed by atoms with Crippen molar-refractivity contribution in [3.05, 3.63) is 48.6 Å². The molecule has 0 saturated heterocycles. The van der Waals surface area contributed by atoms with E-state index in [1.54, 1.807) is 0 Å². The Hall–Kier alpha value is -2.63.